The van der Waals surface area contributed by atoms with Crippen LogP contribution in [0.1, 0.15) is 26.7 Å². The van der Waals surface area contributed by atoms with Gasteiger partial charge in [-0.15, -0.1) is 10.2 Å². The van der Waals surface area contributed by atoms with E-state index in [1.54, 1.807) is 18.0 Å². The second-order valence-electron chi connectivity index (χ2n) is 9.60. The largest absolute Gasteiger partial charge is 0.480 e. The lowest BCUT2D eigenvalue weighted by Gasteiger charge is -2.39. The number of anilines is 2. The Morgan fingerprint density at radius 2 is 1.97 bits per heavy atom. The first kappa shape index (κ1) is 23.6. The minimum absolute atomic E-state index is 0.00104. The molecule has 1 aromatic carbocycles. The first-order valence-corrected chi connectivity index (χ1v) is 12.2. The van der Waals surface area contributed by atoms with E-state index in [1.165, 1.54) is 18.2 Å². The van der Waals surface area contributed by atoms with Crippen molar-refractivity contribution in [2.45, 2.75) is 39.3 Å². The Kier molecular flexibility index (Phi) is 6.64. The number of methoxy groups -OCH3 is 1. The van der Waals surface area contributed by atoms with E-state index in [0.717, 1.165) is 31.6 Å². The lowest BCUT2D eigenvalue weighted by Crippen LogP contribution is -2.48. The summed E-state index contributed by atoms with van der Waals surface area (Å²) in [4.78, 5) is 6.99. The lowest BCUT2D eigenvalue weighted by atomic mass is 9.92. The van der Waals surface area contributed by atoms with Crippen molar-refractivity contribution in [1.82, 2.24) is 25.0 Å². The molecule has 2 fully saturated rings. The van der Waals surface area contributed by atoms with Crippen LogP contribution in [0.4, 0.5) is 16.0 Å². The van der Waals surface area contributed by atoms with Crippen LogP contribution in [-0.2, 0) is 6.54 Å². The molecule has 5 rings (SSSR count). The van der Waals surface area contributed by atoms with Crippen LogP contribution in [0.2, 0.25) is 5.02 Å². The van der Waals surface area contributed by atoms with Gasteiger partial charge < -0.3 is 19.7 Å². The van der Waals surface area contributed by atoms with Crippen molar-refractivity contribution in [1.29, 1.82) is 0 Å². The number of hydrogen-bond donors (Lipinski definition) is 1. The average molecular weight is 502 g/mol. The Balaban J connectivity index is 1.32. The third-order valence-corrected chi connectivity index (χ3v) is 6.89. The molecule has 1 aliphatic heterocycles. The highest BCUT2D eigenvalue weighted by molar-refractivity contribution is 6.30. The van der Waals surface area contributed by atoms with E-state index in [1.807, 2.05) is 6.07 Å². The van der Waals surface area contributed by atoms with Crippen LogP contribution in [0.3, 0.4) is 0 Å². The van der Waals surface area contributed by atoms with Crippen molar-refractivity contribution in [2.75, 3.05) is 30.4 Å². The molecular formula is C24H29ClFN7O2. The Morgan fingerprint density at radius 1 is 1.20 bits per heavy atom. The maximum atomic E-state index is 13.6. The van der Waals surface area contributed by atoms with Crippen LogP contribution >= 0.6 is 11.6 Å². The van der Waals surface area contributed by atoms with E-state index < -0.39 is 5.82 Å². The molecule has 1 aliphatic carbocycles. The molecule has 9 nitrogen and oxygen atoms in total. The molecule has 186 valence electrons. The van der Waals surface area contributed by atoms with E-state index in [2.05, 4.69) is 39.2 Å². The molecule has 1 saturated carbocycles. The number of ether oxygens (including phenoxy) is 2. The van der Waals surface area contributed by atoms with Crippen molar-refractivity contribution < 1.29 is 13.9 Å². The van der Waals surface area contributed by atoms with Crippen molar-refractivity contribution in [3.05, 3.63) is 41.3 Å². The van der Waals surface area contributed by atoms with Gasteiger partial charge in [-0.1, -0.05) is 25.4 Å². The Morgan fingerprint density at radius 3 is 2.66 bits per heavy atom. The fourth-order valence-electron chi connectivity index (χ4n) is 5.00. The Hall–Kier alpha value is -3.14. The molecule has 1 saturated heterocycles. The van der Waals surface area contributed by atoms with E-state index in [9.17, 15) is 4.39 Å². The molecule has 3 aromatic rings. The number of rotatable bonds is 8. The van der Waals surface area contributed by atoms with Crippen LogP contribution in [-0.4, -0.2) is 51.2 Å². The molecule has 3 heterocycles. The molecule has 2 bridgehead atoms. The van der Waals surface area contributed by atoms with Crippen molar-refractivity contribution in [3.63, 3.8) is 0 Å². The average Bonchev–Trinajstić information content (AvgIpc) is 3.29. The molecular weight excluding hydrogens is 473 g/mol. The van der Waals surface area contributed by atoms with Gasteiger partial charge >= 0.3 is 6.01 Å². The number of fused-ring (bicyclic) bond motifs is 2. The molecule has 11 heteroatoms. The number of piperidine rings is 1. The summed E-state index contributed by atoms with van der Waals surface area (Å²) in [7, 11) is 1.60. The van der Waals surface area contributed by atoms with Gasteiger partial charge in [0.1, 0.15) is 11.6 Å². The van der Waals surface area contributed by atoms with Gasteiger partial charge in [0.25, 0.3) is 0 Å². The smallest absolute Gasteiger partial charge is 0.322 e. The number of nitrogens with one attached hydrogen (secondary N) is 1. The van der Waals surface area contributed by atoms with Crippen LogP contribution in [0.15, 0.2) is 30.5 Å². The molecule has 2 aliphatic rings. The standard InChI is InChI=1S/C24H29ClFN7O2/c1-14(2)11-33-24(35-18-6-7-20(26)19(25)9-18)29-23(31-33)28-22-15-4-5-16(22)13-32(12-15)17-8-21(34-3)30-27-10-17/h6-10,14-16,22H,4-5,11-13H2,1-3H3,(H,28,31)/t15-,16+,22+. The Bertz CT molecular complexity index is 1180. The maximum absolute atomic E-state index is 13.6. The summed E-state index contributed by atoms with van der Waals surface area (Å²) >= 11 is 5.92. The zero-order valence-corrected chi connectivity index (χ0v) is 20.7. The number of aromatic nitrogens is 5. The number of nitrogens with zero attached hydrogens (tertiary/aromatic N) is 6. The fourth-order valence-corrected chi connectivity index (χ4v) is 5.17. The van der Waals surface area contributed by atoms with Crippen LogP contribution in [0.5, 0.6) is 17.6 Å². The quantitative estimate of drug-likeness (QED) is 0.477. The number of hydrogen-bond acceptors (Lipinski definition) is 8. The summed E-state index contributed by atoms with van der Waals surface area (Å²) in [6.07, 6.45) is 4.06. The minimum Gasteiger partial charge on any atom is -0.480 e. The predicted octanol–water partition coefficient (Wildman–Crippen LogP) is 4.64. The molecule has 1 N–H and O–H groups in total. The van der Waals surface area contributed by atoms with Gasteiger partial charge in [-0.05, 0) is 42.7 Å². The second-order valence-corrected chi connectivity index (χ2v) is 10.0. The van der Waals surface area contributed by atoms with Gasteiger partial charge in [0.05, 0.1) is 24.0 Å². The summed E-state index contributed by atoms with van der Waals surface area (Å²) in [5.41, 5.74) is 1.03. The summed E-state index contributed by atoms with van der Waals surface area (Å²) in [6, 6.07) is 6.80. The molecule has 0 unspecified atom stereocenters. The molecule has 2 aromatic heterocycles. The van der Waals surface area contributed by atoms with Crippen molar-refractivity contribution in [3.8, 4) is 17.6 Å². The van der Waals surface area contributed by atoms with Gasteiger partial charge in [0.15, 0.2) is 0 Å². The molecule has 3 atom stereocenters. The van der Waals surface area contributed by atoms with Crippen molar-refractivity contribution >= 4 is 23.2 Å². The lowest BCUT2D eigenvalue weighted by molar-refractivity contribution is 0.370. The first-order valence-electron chi connectivity index (χ1n) is 11.9. The van der Waals surface area contributed by atoms with E-state index in [-0.39, 0.29) is 11.1 Å². The van der Waals surface area contributed by atoms with Crippen LogP contribution in [0, 0.1) is 23.6 Å². The SMILES string of the molecule is COc1cc(N2C[C@H]3CC[C@@H](C2)[C@H]3Nc2nc(Oc3ccc(F)c(Cl)c3)n(CC(C)C)n2)cnn1. The van der Waals surface area contributed by atoms with Gasteiger partial charge in [0.2, 0.25) is 11.8 Å². The topological polar surface area (TPSA) is 90.2 Å². The van der Waals surface area contributed by atoms with Crippen molar-refractivity contribution in [2.24, 2.45) is 17.8 Å². The predicted molar refractivity (Wildman–Crippen MR) is 131 cm³/mol. The number of benzene rings is 1. The molecule has 35 heavy (non-hydrogen) atoms. The summed E-state index contributed by atoms with van der Waals surface area (Å²) in [5.74, 6) is 2.22. The monoisotopic (exact) mass is 501 g/mol. The first-order chi connectivity index (χ1) is 16.9. The fraction of sp³-hybridized carbons (Fsp3) is 0.500. The molecule has 0 radical (unpaired) electrons. The number of halogens is 2. The van der Waals surface area contributed by atoms with Crippen LogP contribution in [0.25, 0.3) is 0 Å². The summed E-state index contributed by atoms with van der Waals surface area (Å²) in [6.45, 7) is 6.67. The van der Waals surface area contributed by atoms with Gasteiger partial charge in [-0.2, -0.15) is 10.1 Å². The van der Waals surface area contributed by atoms with Gasteiger partial charge in [0, 0.05) is 37.8 Å². The third kappa shape index (κ3) is 5.12. The zero-order valence-electron chi connectivity index (χ0n) is 20.0. The van der Waals surface area contributed by atoms with E-state index in [0.29, 0.717) is 47.9 Å². The summed E-state index contributed by atoms with van der Waals surface area (Å²) in [5, 5.41) is 16.3. The highest BCUT2D eigenvalue weighted by Crippen LogP contribution is 2.40. The van der Waals surface area contributed by atoms with E-state index in [4.69, 9.17) is 26.2 Å². The maximum Gasteiger partial charge on any atom is 0.322 e. The van der Waals surface area contributed by atoms with Crippen LogP contribution < -0.4 is 19.7 Å². The van der Waals surface area contributed by atoms with Gasteiger partial charge in [-0.25, -0.2) is 9.07 Å². The highest BCUT2D eigenvalue weighted by atomic mass is 35.5. The zero-order chi connectivity index (χ0) is 24.5. The second kappa shape index (κ2) is 9.85. The normalized spacial score (nSPS) is 21.4. The highest BCUT2D eigenvalue weighted by Gasteiger charge is 2.43. The third-order valence-electron chi connectivity index (χ3n) is 6.60. The van der Waals surface area contributed by atoms with Gasteiger partial charge in [-0.3, -0.25) is 0 Å². The minimum atomic E-state index is -0.493. The molecule has 0 amide bonds. The van der Waals surface area contributed by atoms with E-state index >= 15 is 0 Å². The molecule has 0 spiro atoms. The Labute approximate surface area is 208 Å². The summed E-state index contributed by atoms with van der Waals surface area (Å²) < 4.78 is 26.5.